The fourth-order valence-corrected chi connectivity index (χ4v) is 3.36. The average molecular weight is 281 g/mol. The summed E-state index contributed by atoms with van der Waals surface area (Å²) in [5, 5.41) is 3.20. The van der Waals surface area contributed by atoms with Gasteiger partial charge < -0.3 is 10.5 Å². The number of rotatable bonds is 7. The van der Waals surface area contributed by atoms with Crippen LogP contribution in [0.25, 0.3) is 10.1 Å². The monoisotopic (exact) mass is 281 g/mol. The first-order valence-electron chi connectivity index (χ1n) is 6.51. The molecule has 2 rings (SSSR count). The van der Waals surface area contributed by atoms with Gasteiger partial charge in [-0.25, -0.2) is 4.39 Å². The molecule has 2 N–H and O–H groups in total. The van der Waals surface area contributed by atoms with Gasteiger partial charge in [0.25, 0.3) is 0 Å². The molecule has 1 atom stereocenters. The molecule has 4 heteroatoms. The molecular weight excluding hydrogens is 261 g/mol. The van der Waals surface area contributed by atoms with Gasteiger partial charge >= 0.3 is 0 Å². The largest absolute Gasteiger partial charge is 0.381 e. The molecular formula is C15H20FNOS. The third-order valence-electron chi connectivity index (χ3n) is 3.30. The maximum absolute atomic E-state index is 14.9. The van der Waals surface area contributed by atoms with Crippen molar-refractivity contribution >= 4 is 21.4 Å². The fraction of sp³-hybridized carbons (Fsp3) is 0.467. The molecule has 0 fully saturated rings. The van der Waals surface area contributed by atoms with Crippen LogP contribution in [0.2, 0.25) is 0 Å². The number of fused-ring (bicyclic) bond motifs is 1. The molecule has 2 nitrogen and oxygen atoms in total. The SMILES string of the molecule is COCC(F)(CCCN)Cc1csc2ccccc12. The Labute approximate surface area is 117 Å². The van der Waals surface area contributed by atoms with Gasteiger partial charge in [-0.2, -0.15) is 0 Å². The maximum Gasteiger partial charge on any atom is 0.138 e. The molecule has 1 aromatic carbocycles. The van der Waals surface area contributed by atoms with Crippen molar-refractivity contribution in [1.82, 2.24) is 0 Å². The summed E-state index contributed by atoms with van der Waals surface area (Å²) in [6.45, 7) is 0.636. The lowest BCUT2D eigenvalue weighted by Crippen LogP contribution is -2.32. The Morgan fingerprint density at radius 2 is 2.16 bits per heavy atom. The Morgan fingerprint density at radius 1 is 1.37 bits per heavy atom. The number of methoxy groups -OCH3 is 1. The van der Waals surface area contributed by atoms with Crippen LogP contribution in [0, 0.1) is 0 Å². The lowest BCUT2D eigenvalue weighted by Gasteiger charge is -2.24. The van der Waals surface area contributed by atoms with E-state index in [1.807, 2.05) is 12.1 Å². The molecule has 0 bridgehead atoms. The van der Waals surface area contributed by atoms with Crippen LogP contribution >= 0.6 is 11.3 Å². The van der Waals surface area contributed by atoms with Crippen LogP contribution in [-0.2, 0) is 11.2 Å². The molecule has 1 aromatic heterocycles. The van der Waals surface area contributed by atoms with E-state index >= 15 is 0 Å². The number of ether oxygens (including phenoxy) is 1. The van der Waals surface area contributed by atoms with Gasteiger partial charge in [0.2, 0.25) is 0 Å². The third kappa shape index (κ3) is 3.53. The Bertz CT molecular complexity index is 528. The molecule has 0 aliphatic carbocycles. The van der Waals surface area contributed by atoms with Gasteiger partial charge in [0, 0.05) is 18.2 Å². The van der Waals surface area contributed by atoms with E-state index in [0.29, 0.717) is 25.8 Å². The second-order valence-corrected chi connectivity index (χ2v) is 5.82. The number of halogens is 1. The Morgan fingerprint density at radius 3 is 2.89 bits per heavy atom. The van der Waals surface area contributed by atoms with E-state index in [-0.39, 0.29) is 6.61 Å². The minimum absolute atomic E-state index is 0.122. The van der Waals surface area contributed by atoms with Gasteiger partial charge in [0.1, 0.15) is 5.67 Å². The van der Waals surface area contributed by atoms with Crippen molar-refractivity contribution in [1.29, 1.82) is 0 Å². The Hall–Kier alpha value is -0.970. The summed E-state index contributed by atoms with van der Waals surface area (Å²) in [4.78, 5) is 0. The number of benzene rings is 1. The molecule has 0 aliphatic heterocycles. The van der Waals surface area contributed by atoms with Gasteiger partial charge in [-0.1, -0.05) is 18.2 Å². The minimum atomic E-state index is -1.32. The summed E-state index contributed by atoms with van der Waals surface area (Å²) in [6, 6.07) is 8.13. The van der Waals surface area contributed by atoms with Gasteiger partial charge in [-0.3, -0.25) is 0 Å². The van der Waals surface area contributed by atoms with Crippen LogP contribution < -0.4 is 5.73 Å². The quantitative estimate of drug-likeness (QED) is 0.842. The average Bonchev–Trinajstić information content (AvgIpc) is 2.80. The lowest BCUT2D eigenvalue weighted by atomic mass is 9.92. The fourth-order valence-electron chi connectivity index (χ4n) is 2.40. The van der Waals surface area contributed by atoms with E-state index < -0.39 is 5.67 Å². The maximum atomic E-state index is 14.9. The molecule has 0 saturated heterocycles. The van der Waals surface area contributed by atoms with Crippen molar-refractivity contribution in [3.63, 3.8) is 0 Å². The molecule has 1 heterocycles. The van der Waals surface area contributed by atoms with Crippen LogP contribution in [-0.4, -0.2) is 25.9 Å². The Balaban J connectivity index is 2.20. The highest BCUT2D eigenvalue weighted by Gasteiger charge is 2.30. The zero-order valence-electron chi connectivity index (χ0n) is 11.2. The molecule has 0 radical (unpaired) electrons. The summed E-state index contributed by atoms with van der Waals surface area (Å²) in [5.74, 6) is 0. The molecule has 104 valence electrons. The lowest BCUT2D eigenvalue weighted by molar-refractivity contribution is 0.0337. The normalized spacial score (nSPS) is 14.7. The highest BCUT2D eigenvalue weighted by atomic mass is 32.1. The first-order valence-corrected chi connectivity index (χ1v) is 7.39. The van der Waals surface area contributed by atoms with Gasteiger partial charge in [0.05, 0.1) is 6.61 Å². The van der Waals surface area contributed by atoms with E-state index in [4.69, 9.17) is 10.5 Å². The second kappa shape index (κ2) is 6.46. The first kappa shape index (κ1) is 14.4. The number of alkyl halides is 1. The number of hydrogen-bond donors (Lipinski definition) is 1. The summed E-state index contributed by atoms with van der Waals surface area (Å²) in [5.41, 5.74) is 5.24. The van der Waals surface area contributed by atoms with E-state index in [0.717, 1.165) is 10.9 Å². The van der Waals surface area contributed by atoms with E-state index in [9.17, 15) is 4.39 Å². The zero-order valence-corrected chi connectivity index (χ0v) is 12.0. The minimum Gasteiger partial charge on any atom is -0.381 e. The number of nitrogens with two attached hydrogens (primary N) is 1. The van der Waals surface area contributed by atoms with Crippen LogP contribution in [0.4, 0.5) is 4.39 Å². The van der Waals surface area contributed by atoms with Gasteiger partial charge in [0.15, 0.2) is 0 Å². The van der Waals surface area contributed by atoms with Crippen LogP contribution in [0.3, 0.4) is 0 Å². The first-order chi connectivity index (χ1) is 9.18. The van der Waals surface area contributed by atoms with Crippen molar-refractivity contribution in [3.05, 3.63) is 35.2 Å². The zero-order chi connectivity index (χ0) is 13.7. The van der Waals surface area contributed by atoms with Crippen LogP contribution in [0.15, 0.2) is 29.6 Å². The van der Waals surface area contributed by atoms with Crippen molar-refractivity contribution in [2.24, 2.45) is 5.73 Å². The van der Waals surface area contributed by atoms with Gasteiger partial charge in [-0.05, 0) is 41.8 Å². The van der Waals surface area contributed by atoms with Crippen LogP contribution in [0.1, 0.15) is 18.4 Å². The standard InChI is InChI=1S/C15H20FNOS/c1-18-11-15(16,7-4-8-17)9-12-10-19-14-6-3-2-5-13(12)14/h2-3,5-6,10H,4,7-9,11,17H2,1H3. The van der Waals surface area contributed by atoms with E-state index in [2.05, 4.69) is 17.5 Å². The second-order valence-electron chi connectivity index (χ2n) is 4.91. The molecule has 0 saturated carbocycles. The highest BCUT2D eigenvalue weighted by Crippen LogP contribution is 2.32. The molecule has 19 heavy (non-hydrogen) atoms. The van der Waals surface area contributed by atoms with Gasteiger partial charge in [-0.15, -0.1) is 11.3 Å². The summed E-state index contributed by atoms with van der Waals surface area (Å²) >= 11 is 1.66. The third-order valence-corrected chi connectivity index (χ3v) is 4.31. The van der Waals surface area contributed by atoms with Crippen molar-refractivity contribution < 1.29 is 9.13 Å². The molecule has 0 aliphatic rings. The summed E-state index contributed by atoms with van der Waals surface area (Å²) in [6.07, 6.45) is 1.52. The summed E-state index contributed by atoms with van der Waals surface area (Å²) in [7, 11) is 1.54. The predicted molar refractivity (Wildman–Crippen MR) is 79.5 cm³/mol. The smallest absolute Gasteiger partial charge is 0.138 e. The van der Waals surface area contributed by atoms with Crippen molar-refractivity contribution in [2.45, 2.75) is 24.9 Å². The molecule has 0 amide bonds. The molecule has 2 aromatic rings. The van der Waals surface area contributed by atoms with E-state index in [1.165, 1.54) is 4.70 Å². The number of thiophene rings is 1. The summed E-state index contributed by atoms with van der Waals surface area (Å²) < 4.78 is 21.2. The van der Waals surface area contributed by atoms with Crippen LogP contribution in [0.5, 0.6) is 0 Å². The van der Waals surface area contributed by atoms with Crippen molar-refractivity contribution in [3.8, 4) is 0 Å². The van der Waals surface area contributed by atoms with E-state index in [1.54, 1.807) is 18.4 Å². The topological polar surface area (TPSA) is 35.2 Å². The highest BCUT2D eigenvalue weighted by molar-refractivity contribution is 7.17. The number of hydrogen-bond acceptors (Lipinski definition) is 3. The Kier molecular flexibility index (Phi) is 4.91. The molecule has 0 spiro atoms. The van der Waals surface area contributed by atoms with Crippen molar-refractivity contribution in [2.75, 3.05) is 20.3 Å². The molecule has 1 unspecified atom stereocenters. The predicted octanol–water partition coefficient (Wildman–Crippen LogP) is 3.54.